The molecule has 1 heterocycles. The second-order valence-corrected chi connectivity index (χ2v) is 3.20. The van der Waals surface area contributed by atoms with Gasteiger partial charge in [0.1, 0.15) is 12.1 Å². The van der Waals surface area contributed by atoms with Gasteiger partial charge >= 0.3 is 0 Å². The normalized spacial score (nSPS) is 31.1. The summed E-state index contributed by atoms with van der Waals surface area (Å²) in [5, 5.41) is 2.37. The van der Waals surface area contributed by atoms with Crippen molar-refractivity contribution < 1.29 is 14.8 Å². The van der Waals surface area contributed by atoms with Gasteiger partial charge in [0.2, 0.25) is 0 Å². The van der Waals surface area contributed by atoms with Crippen LogP contribution in [0.1, 0.15) is 12.8 Å². The van der Waals surface area contributed by atoms with Gasteiger partial charge < -0.3 is 14.8 Å². The van der Waals surface area contributed by atoms with Crippen molar-refractivity contribution in [3.63, 3.8) is 0 Å². The van der Waals surface area contributed by atoms with Crippen LogP contribution in [0.5, 0.6) is 0 Å². The maximum Gasteiger partial charge on any atom is 0.110 e. The minimum Gasteiger partial charge on any atom is -0.379 e. The number of rotatable bonds is 4. The summed E-state index contributed by atoms with van der Waals surface area (Å²) >= 11 is 0. The molecule has 1 aliphatic rings. The largest absolute Gasteiger partial charge is 0.379 e. The van der Waals surface area contributed by atoms with Gasteiger partial charge in [-0.1, -0.05) is 0 Å². The molecule has 3 heteroatoms. The molecular weight excluding hydrogens is 142 g/mol. The average Bonchev–Trinajstić information content (AvgIpc) is 2.38. The Hall–Kier alpha value is -0.120. The predicted molar refractivity (Wildman–Crippen MR) is 42.5 cm³/mol. The molecule has 66 valence electrons. The van der Waals surface area contributed by atoms with Gasteiger partial charge in [-0.15, -0.1) is 0 Å². The summed E-state index contributed by atoms with van der Waals surface area (Å²) in [6.45, 7) is 1.75. The van der Waals surface area contributed by atoms with E-state index in [-0.39, 0.29) is 0 Å². The SMILES string of the molecule is COC[C@H]1CC[C@H](COC)[NH2+]1. The van der Waals surface area contributed by atoms with Crippen molar-refractivity contribution in [2.75, 3.05) is 27.4 Å². The molecule has 0 aliphatic carbocycles. The monoisotopic (exact) mass is 160 g/mol. The highest BCUT2D eigenvalue weighted by molar-refractivity contribution is 4.66. The van der Waals surface area contributed by atoms with E-state index >= 15 is 0 Å². The molecule has 0 aromatic rings. The topological polar surface area (TPSA) is 35.1 Å². The van der Waals surface area contributed by atoms with Crippen LogP contribution < -0.4 is 5.32 Å². The molecule has 0 amide bonds. The Morgan fingerprint density at radius 1 is 1.09 bits per heavy atom. The van der Waals surface area contributed by atoms with Crippen molar-refractivity contribution in [3.8, 4) is 0 Å². The van der Waals surface area contributed by atoms with E-state index in [0.717, 1.165) is 13.2 Å². The highest BCUT2D eigenvalue weighted by Gasteiger charge is 2.27. The number of quaternary nitrogens is 1. The second kappa shape index (κ2) is 4.70. The van der Waals surface area contributed by atoms with E-state index in [1.807, 2.05) is 0 Å². The van der Waals surface area contributed by atoms with Crippen LogP contribution in [0, 0.1) is 0 Å². The van der Waals surface area contributed by atoms with Gasteiger partial charge in [0.15, 0.2) is 0 Å². The zero-order chi connectivity index (χ0) is 8.10. The lowest BCUT2D eigenvalue weighted by Gasteiger charge is -2.08. The van der Waals surface area contributed by atoms with E-state index in [1.54, 1.807) is 14.2 Å². The highest BCUT2D eigenvalue weighted by Crippen LogP contribution is 2.04. The molecule has 11 heavy (non-hydrogen) atoms. The number of nitrogens with two attached hydrogens (primary N) is 1. The van der Waals surface area contributed by atoms with Crippen LogP contribution >= 0.6 is 0 Å². The molecule has 0 aromatic heterocycles. The molecule has 0 spiro atoms. The van der Waals surface area contributed by atoms with E-state index in [4.69, 9.17) is 9.47 Å². The van der Waals surface area contributed by atoms with E-state index in [2.05, 4.69) is 5.32 Å². The summed E-state index contributed by atoms with van der Waals surface area (Å²) in [4.78, 5) is 0. The summed E-state index contributed by atoms with van der Waals surface area (Å²) in [5.74, 6) is 0. The van der Waals surface area contributed by atoms with Gasteiger partial charge in [-0.3, -0.25) is 0 Å². The van der Waals surface area contributed by atoms with Crippen LogP contribution in [0.2, 0.25) is 0 Å². The third-order valence-electron chi connectivity index (χ3n) is 2.21. The molecular formula is C8H18NO2+. The minimum atomic E-state index is 0.667. The van der Waals surface area contributed by atoms with Crippen LogP contribution in [0.4, 0.5) is 0 Å². The maximum atomic E-state index is 5.08. The Morgan fingerprint density at radius 2 is 1.55 bits per heavy atom. The Bertz CT molecular complexity index is 96.3. The summed E-state index contributed by atoms with van der Waals surface area (Å²) in [7, 11) is 3.52. The number of hydrogen-bond acceptors (Lipinski definition) is 2. The first-order valence-corrected chi connectivity index (χ1v) is 4.19. The summed E-state index contributed by atoms with van der Waals surface area (Å²) < 4.78 is 10.2. The summed E-state index contributed by atoms with van der Waals surface area (Å²) in [6.07, 6.45) is 2.53. The van der Waals surface area contributed by atoms with Crippen LogP contribution in [0.3, 0.4) is 0 Å². The fourth-order valence-electron chi connectivity index (χ4n) is 1.71. The van der Waals surface area contributed by atoms with Crippen molar-refractivity contribution in [1.29, 1.82) is 0 Å². The van der Waals surface area contributed by atoms with Crippen LogP contribution in [-0.4, -0.2) is 39.5 Å². The molecule has 3 nitrogen and oxygen atoms in total. The van der Waals surface area contributed by atoms with E-state index in [9.17, 15) is 0 Å². The lowest BCUT2D eigenvalue weighted by molar-refractivity contribution is -0.704. The molecule has 0 aromatic carbocycles. The van der Waals surface area contributed by atoms with Crippen LogP contribution in [0.15, 0.2) is 0 Å². The summed E-state index contributed by atoms with van der Waals surface area (Å²) in [6, 6.07) is 1.33. The standard InChI is InChI=1S/C8H17NO2/c1-10-5-7-3-4-8(9-7)6-11-2/h7-9H,3-6H2,1-2H3/p+1/t7-,8-/m1/s1. The van der Waals surface area contributed by atoms with Gasteiger partial charge in [-0.25, -0.2) is 0 Å². The Morgan fingerprint density at radius 3 is 1.91 bits per heavy atom. The number of hydrogen-bond donors (Lipinski definition) is 1. The molecule has 2 atom stereocenters. The third kappa shape index (κ3) is 2.77. The van der Waals surface area contributed by atoms with Gasteiger partial charge in [0.05, 0.1) is 13.2 Å². The van der Waals surface area contributed by atoms with Crippen LogP contribution in [0.25, 0.3) is 0 Å². The second-order valence-electron chi connectivity index (χ2n) is 3.20. The quantitative estimate of drug-likeness (QED) is 0.594. The van der Waals surface area contributed by atoms with Crippen molar-refractivity contribution in [3.05, 3.63) is 0 Å². The minimum absolute atomic E-state index is 0.667. The molecule has 0 radical (unpaired) electrons. The summed E-state index contributed by atoms with van der Waals surface area (Å²) in [5.41, 5.74) is 0. The first-order chi connectivity index (χ1) is 5.36. The zero-order valence-corrected chi connectivity index (χ0v) is 7.38. The van der Waals surface area contributed by atoms with Crippen LogP contribution in [-0.2, 0) is 9.47 Å². The molecule has 0 saturated carbocycles. The molecule has 1 fully saturated rings. The van der Waals surface area contributed by atoms with Crippen molar-refractivity contribution in [2.45, 2.75) is 24.9 Å². The third-order valence-corrected chi connectivity index (χ3v) is 2.21. The molecule has 1 rings (SSSR count). The van der Waals surface area contributed by atoms with Gasteiger partial charge in [-0.2, -0.15) is 0 Å². The average molecular weight is 160 g/mol. The van der Waals surface area contributed by atoms with Gasteiger partial charge in [-0.05, 0) is 0 Å². The predicted octanol–water partition coefficient (Wildman–Crippen LogP) is -0.626. The Labute approximate surface area is 68.1 Å². The molecule has 1 aliphatic heterocycles. The molecule has 1 saturated heterocycles. The van der Waals surface area contributed by atoms with Gasteiger partial charge in [0.25, 0.3) is 0 Å². The smallest absolute Gasteiger partial charge is 0.110 e. The lowest BCUT2D eigenvalue weighted by atomic mass is 10.2. The number of ether oxygens (including phenoxy) is 2. The van der Waals surface area contributed by atoms with Crippen molar-refractivity contribution in [1.82, 2.24) is 0 Å². The van der Waals surface area contributed by atoms with Gasteiger partial charge in [0, 0.05) is 27.1 Å². The molecule has 0 bridgehead atoms. The fraction of sp³-hybridized carbons (Fsp3) is 1.00. The Balaban J connectivity index is 2.12. The van der Waals surface area contributed by atoms with E-state index in [1.165, 1.54) is 12.8 Å². The van der Waals surface area contributed by atoms with Crippen molar-refractivity contribution >= 4 is 0 Å². The molecule has 0 unspecified atom stereocenters. The molecule has 2 N–H and O–H groups in total. The highest BCUT2D eigenvalue weighted by atomic mass is 16.5. The fourth-order valence-corrected chi connectivity index (χ4v) is 1.71. The zero-order valence-electron chi connectivity index (χ0n) is 7.38. The van der Waals surface area contributed by atoms with E-state index < -0.39 is 0 Å². The Kier molecular flexibility index (Phi) is 3.83. The van der Waals surface area contributed by atoms with E-state index in [0.29, 0.717) is 12.1 Å². The number of methoxy groups -OCH3 is 2. The first-order valence-electron chi connectivity index (χ1n) is 4.19. The maximum absolute atomic E-state index is 5.08. The van der Waals surface area contributed by atoms with Crippen molar-refractivity contribution in [2.24, 2.45) is 0 Å². The first kappa shape index (κ1) is 8.97. The lowest BCUT2D eigenvalue weighted by Crippen LogP contribution is -2.93.